The Kier molecular flexibility index (Phi) is 9.13. The standard InChI is InChI=1S/C13H23N3O4/c1-10(2)16(8-5-7-14)13(19)15-11(12(17)18)6-4-9-20-3/h10-11H,4-6,8-9H2,1-3H3,(H,15,19)(H,17,18). The molecule has 0 aromatic carbocycles. The highest BCUT2D eigenvalue weighted by Gasteiger charge is 2.24. The van der Waals surface area contributed by atoms with Crippen LogP contribution in [0.3, 0.4) is 0 Å². The fourth-order valence-electron chi connectivity index (χ4n) is 1.69. The van der Waals surface area contributed by atoms with Gasteiger partial charge in [-0.1, -0.05) is 0 Å². The first kappa shape index (κ1) is 18.2. The molecular formula is C13H23N3O4. The van der Waals surface area contributed by atoms with E-state index in [1.165, 1.54) is 12.0 Å². The predicted octanol–water partition coefficient (Wildman–Crippen LogP) is 1.20. The van der Waals surface area contributed by atoms with Crippen LogP contribution < -0.4 is 5.32 Å². The fraction of sp³-hybridized carbons (Fsp3) is 0.769. The SMILES string of the molecule is COCCCC(NC(=O)N(CCC#N)C(C)C)C(=O)O. The molecule has 7 heteroatoms. The first-order valence-electron chi connectivity index (χ1n) is 6.59. The summed E-state index contributed by atoms with van der Waals surface area (Å²) in [4.78, 5) is 24.6. The van der Waals surface area contributed by atoms with Gasteiger partial charge in [0, 0.05) is 26.3 Å². The molecule has 2 amide bonds. The largest absolute Gasteiger partial charge is 0.480 e. The molecule has 0 aliphatic rings. The lowest BCUT2D eigenvalue weighted by molar-refractivity contribution is -0.139. The molecule has 7 nitrogen and oxygen atoms in total. The van der Waals surface area contributed by atoms with Gasteiger partial charge in [-0.15, -0.1) is 0 Å². The van der Waals surface area contributed by atoms with Gasteiger partial charge >= 0.3 is 12.0 Å². The maximum absolute atomic E-state index is 12.0. The molecule has 0 bridgehead atoms. The van der Waals surface area contributed by atoms with Gasteiger partial charge in [0.1, 0.15) is 6.04 Å². The van der Waals surface area contributed by atoms with E-state index >= 15 is 0 Å². The Bertz CT molecular complexity index is 352. The van der Waals surface area contributed by atoms with Crippen LogP contribution in [-0.2, 0) is 9.53 Å². The number of methoxy groups -OCH3 is 1. The van der Waals surface area contributed by atoms with Crippen molar-refractivity contribution in [1.29, 1.82) is 5.26 Å². The van der Waals surface area contributed by atoms with E-state index in [0.717, 1.165) is 0 Å². The van der Waals surface area contributed by atoms with Crippen molar-refractivity contribution in [2.75, 3.05) is 20.3 Å². The molecule has 0 saturated carbocycles. The van der Waals surface area contributed by atoms with Crippen molar-refractivity contribution in [2.45, 2.75) is 45.2 Å². The summed E-state index contributed by atoms with van der Waals surface area (Å²) in [7, 11) is 1.54. The third-order valence-corrected chi connectivity index (χ3v) is 2.79. The van der Waals surface area contributed by atoms with Crippen molar-refractivity contribution in [1.82, 2.24) is 10.2 Å². The van der Waals surface area contributed by atoms with E-state index in [1.807, 2.05) is 19.9 Å². The highest BCUT2D eigenvalue weighted by Crippen LogP contribution is 2.04. The lowest BCUT2D eigenvalue weighted by atomic mass is 10.1. The third-order valence-electron chi connectivity index (χ3n) is 2.79. The molecule has 20 heavy (non-hydrogen) atoms. The first-order valence-corrected chi connectivity index (χ1v) is 6.59. The molecule has 0 spiro atoms. The maximum atomic E-state index is 12.0. The van der Waals surface area contributed by atoms with Gasteiger partial charge in [0.25, 0.3) is 0 Å². The number of amides is 2. The number of aliphatic carboxylic acids is 1. The topological polar surface area (TPSA) is 103 Å². The number of carboxylic acids is 1. The number of nitrogens with zero attached hydrogens (tertiary/aromatic N) is 2. The highest BCUT2D eigenvalue weighted by atomic mass is 16.5. The Labute approximate surface area is 119 Å². The van der Waals surface area contributed by atoms with E-state index in [2.05, 4.69) is 5.32 Å². The van der Waals surface area contributed by atoms with Crippen LogP contribution in [0.15, 0.2) is 0 Å². The van der Waals surface area contributed by atoms with Crippen LogP contribution in [0, 0.1) is 11.3 Å². The van der Waals surface area contributed by atoms with Gasteiger partial charge in [-0.3, -0.25) is 0 Å². The average Bonchev–Trinajstić information content (AvgIpc) is 2.37. The minimum atomic E-state index is -1.07. The number of urea groups is 1. The molecule has 0 radical (unpaired) electrons. The summed E-state index contributed by atoms with van der Waals surface area (Å²) < 4.78 is 4.86. The number of rotatable bonds is 9. The fourth-order valence-corrected chi connectivity index (χ4v) is 1.69. The first-order chi connectivity index (χ1) is 9.43. The van der Waals surface area contributed by atoms with Gasteiger partial charge in [0.2, 0.25) is 0 Å². The molecule has 114 valence electrons. The molecule has 1 atom stereocenters. The Balaban J connectivity index is 4.54. The number of nitrogens with one attached hydrogen (secondary N) is 1. The van der Waals surface area contributed by atoms with Gasteiger partial charge < -0.3 is 20.1 Å². The summed E-state index contributed by atoms with van der Waals surface area (Å²) in [6.07, 6.45) is 1.07. The van der Waals surface area contributed by atoms with Crippen molar-refractivity contribution in [3.63, 3.8) is 0 Å². The second-order valence-electron chi connectivity index (χ2n) is 4.67. The highest BCUT2D eigenvalue weighted by molar-refractivity contribution is 5.82. The van der Waals surface area contributed by atoms with Crippen molar-refractivity contribution in [3.05, 3.63) is 0 Å². The quantitative estimate of drug-likeness (QED) is 0.620. The summed E-state index contributed by atoms with van der Waals surface area (Å²) in [6.45, 7) is 4.36. The minimum absolute atomic E-state index is 0.100. The zero-order valence-electron chi connectivity index (χ0n) is 12.3. The van der Waals surface area contributed by atoms with Crippen LogP contribution in [0.2, 0.25) is 0 Å². The molecular weight excluding hydrogens is 262 g/mol. The minimum Gasteiger partial charge on any atom is -0.480 e. The van der Waals surface area contributed by atoms with E-state index in [4.69, 9.17) is 15.1 Å². The van der Waals surface area contributed by atoms with Gasteiger partial charge in [0.05, 0.1) is 12.5 Å². The van der Waals surface area contributed by atoms with Crippen LogP contribution in [0.5, 0.6) is 0 Å². The van der Waals surface area contributed by atoms with Crippen LogP contribution in [-0.4, -0.2) is 54.4 Å². The van der Waals surface area contributed by atoms with Crippen molar-refractivity contribution in [2.24, 2.45) is 0 Å². The van der Waals surface area contributed by atoms with Gasteiger partial charge in [-0.2, -0.15) is 5.26 Å². The molecule has 0 aliphatic carbocycles. The Morgan fingerprint density at radius 3 is 2.55 bits per heavy atom. The molecule has 1 unspecified atom stereocenters. The maximum Gasteiger partial charge on any atom is 0.326 e. The van der Waals surface area contributed by atoms with Crippen LogP contribution in [0.1, 0.15) is 33.1 Å². The number of carboxylic acid groups (broad SMARTS) is 1. The number of hydrogen-bond acceptors (Lipinski definition) is 4. The van der Waals surface area contributed by atoms with Crippen LogP contribution in [0.25, 0.3) is 0 Å². The normalized spacial score (nSPS) is 11.8. The summed E-state index contributed by atoms with van der Waals surface area (Å²) in [5.74, 6) is -1.07. The zero-order chi connectivity index (χ0) is 15.5. The van der Waals surface area contributed by atoms with E-state index in [-0.39, 0.29) is 19.0 Å². The number of nitriles is 1. The Hall–Kier alpha value is -1.81. The molecule has 0 fully saturated rings. The van der Waals surface area contributed by atoms with Crippen molar-refractivity contribution >= 4 is 12.0 Å². The number of carbonyl (C=O) groups is 2. The number of hydrogen-bond donors (Lipinski definition) is 2. The number of carbonyl (C=O) groups excluding carboxylic acids is 1. The van der Waals surface area contributed by atoms with Gasteiger partial charge in [-0.05, 0) is 26.7 Å². The molecule has 0 saturated heterocycles. The molecule has 0 rings (SSSR count). The summed E-state index contributed by atoms with van der Waals surface area (Å²) in [5.41, 5.74) is 0. The average molecular weight is 285 g/mol. The zero-order valence-corrected chi connectivity index (χ0v) is 12.3. The monoisotopic (exact) mass is 285 g/mol. The lowest BCUT2D eigenvalue weighted by Gasteiger charge is -2.27. The predicted molar refractivity (Wildman–Crippen MR) is 73.1 cm³/mol. The molecule has 2 N–H and O–H groups in total. The lowest BCUT2D eigenvalue weighted by Crippen LogP contribution is -2.50. The van der Waals surface area contributed by atoms with Gasteiger partial charge in [0.15, 0.2) is 0 Å². The van der Waals surface area contributed by atoms with Crippen LogP contribution in [0.4, 0.5) is 4.79 Å². The van der Waals surface area contributed by atoms with E-state index in [1.54, 1.807) is 0 Å². The molecule has 0 heterocycles. The Morgan fingerprint density at radius 1 is 1.45 bits per heavy atom. The molecule has 0 aliphatic heterocycles. The van der Waals surface area contributed by atoms with Gasteiger partial charge in [-0.25, -0.2) is 9.59 Å². The third kappa shape index (κ3) is 6.95. The van der Waals surface area contributed by atoms with Crippen molar-refractivity contribution < 1.29 is 19.4 Å². The van der Waals surface area contributed by atoms with Crippen molar-refractivity contribution in [3.8, 4) is 6.07 Å². The Morgan fingerprint density at radius 2 is 2.10 bits per heavy atom. The second-order valence-corrected chi connectivity index (χ2v) is 4.67. The summed E-state index contributed by atoms with van der Waals surface area (Å²) in [6, 6.07) is 0.469. The number of ether oxygens (including phenoxy) is 1. The summed E-state index contributed by atoms with van der Waals surface area (Å²) >= 11 is 0. The van der Waals surface area contributed by atoms with E-state index < -0.39 is 18.0 Å². The smallest absolute Gasteiger partial charge is 0.326 e. The molecule has 0 aromatic rings. The van der Waals surface area contributed by atoms with Crippen LogP contribution >= 0.6 is 0 Å². The second kappa shape index (κ2) is 10.0. The van der Waals surface area contributed by atoms with E-state index in [0.29, 0.717) is 19.4 Å². The van der Waals surface area contributed by atoms with E-state index in [9.17, 15) is 9.59 Å². The molecule has 0 aromatic heterocycles. The summed E-state index contributed by atoms with van der Waals surface area (Å²) in [5, 5.41) is 20.2.